The molecule has 2 unspecified atom stereocenters. The summed E-state index contributed by atoms with van der Waals surface area (Å²) in [6.07, 6.45) is 6.23. The van der Waals surface area contributed by atoms with E-state index in [1.807, 2.05) is 60.7 Å². The Morgan fingerprint density at radius 2 is 1.44 bits per heavy atom. The van der Waals surface area contributed by atoms with Gasteiger partial charge in [0.05, 0.1) is 28.4 Å². The van der Waals surface area contributed by atoms with Crippen LogP contribution in [0.15, 0.2) is 79.1 Å². The van der Waals surface area contributed by atoms with E-state index in [0.29, 0.717) is 64.1 Å². The smallest absolute Gasteiger partial charge is 0.262 e. The largest absolute Gasteiger partial charge is 0.457 e. The van der Waals surface area contributed by atoms with E-state index in [1.165, 1.54) is 32.4 Å². The minimum absolute atomic E-state index is 0.111. The second-order valence-electron chi connectivity index (χ2n) is 17.9. The number of nitrogens with two attached hydrogens (primary N) is 1. The van der Waals surface area contributed by atoms with Gasteiger partial charge in [0.2, 0.25) is 0 Å². The minimum Gasteiger partial charge on any atom is -0.457 e. The van der Waals surface area contributed by atoms with Gasteiger partial charge in [-0.2, -0.15) is 0 Å². The van der Waals surface area contributed by atoms with E-state index < -0.39 is 17.9 Å². The quantitative estimate of drug-likeness (QED) is 0.0715. The van der Waals surface area contributed by atoms with Gasteiger partial charge in [-0.15, -0.1) is 0 Å². The van der Waals surface area contributed by atoms with Crippen LogP contribution in [0.25, 0.3) is 0 Å². The summed E-state index contributed by atoms with van der Waals surface area (Å²) in [6, 6.07) is 21.7. The molecule has 328 valence electrons. The number of hydrogen-bond acceptors (Lipinski definition) is 14. The van der Waals surface area contributed by atoms with E-state index in [1.54, 1.807) is 12.1 Å². The Morgan fingerprint density at radius 3 is 2.19 bits per heavy atom. The van der Waals surface area contributed by atoms with Gasteiger partial charge in [-0.05, 0) is 98.7 Å². The topological polar surface area (TPSA) is 181 Å². The predicted molar refractivity (Wildman–Crippen MR) is 241 cm³/mol. The summed E-state index contributed by atoms with van der Waals surface area (Å²) in [5.41, 5.74) is 9.43. The Hall–Kier alpha value is -6.03. The number of likely N-dealkylation sites (tertiary alicyclic amines) is 3. The molecule has 5 aliphatic rings. The lowest BCUT2D eigenvalue weighted by Crippen LogP contribution is -2.57. The number of hydrogen-bond donors (Lipinski definition) is 3. The predicted octanol–water partition coefficient (Wildman–Crippen LogP) is 4.68. The van der Waals surface area contributed by atoms with Gasteiger partial charge >= 0.3 is 0 Å². The molecule has 4 aromatic rings. The zero-order valence-corrected chi connectivity index (χ0v) is 35.6. The fourth-order valence-corrected chi connectivity index (χ4v) is 10.1. The fourth-order valence-electron chi connectivity index (χ4n) is 10.1. The van der Waals surface area contributed by atoms with Crippen LogP contribution in [-0.2, 0) is 9.59 Å². The van der Waals surface area contributed by atoms with Gasteiger partial charge in [-0.25, -0.2) is 9.97 Å². The SMILES string of the molecule is N=C(c1ccc(Oc2ccccc2)cc1)c1c(N)ncnc1NC1CCN(CC2CCN(CC3CN(CC4CN(c5ccc6c(c5)C(=O)N(C(C=O)CCC=O)C6=O)C4)C3)C2)CC1. The molecule has 0 aliphatic carbocycles. The number of nitrogen functional groups attached to an aromatic ring is 1. The second-order valence-corrected chi connectivity index (χ2v) is 17.9. The first kappa shape index (κ1) is 42.3. The molecule has 0 spiro atoms. The van der Waals surface area contributed by atoms with Crippen molar-refractivity contribution in [2.75, 3.05) is 87.9 Å². The number of anilines is 3. The van der Waals surface area contributed by atoms with Crippen LogP contribution in [0.3, 0.4) is 0 Å². The highest BCUT2D eigenvalue weighted by Crippen LogP contribution is 2.34. The van der Waals surface area contributed by atoms with Gasteiger partial charge in [0, 0.05) is 95.1 Å². The molecule has 15 nitrogen and oxygen atoms in total. The average molecular weight is 853 g/mol. The number of imide groups is 1. The maximum absolute atomic E-state index is 13.1. The minimum atomic E-state index is -0.930. The summed E-state index contributed by atoms with van der Waals surface area (Å²) >= 11 is 0. The average Bonchev–Trinajstić information content (AvgIpc) is 3.81. The molecule has 4 saturated heterocycles. The van der Waals surface area contributed by atoms with Crippen molar-refractivity contribution in [2.24, 2.45) is 17.8 Å². The van der Waals surface area contributed by atoms with Crippen LogP contribution in [0, 0.1) is 23.2 Å². The normalized spacial score (nSPS) is 20.6. The summed E-state index contributed by atoms with van der Waals surface area (Å²) in [6.45, 7) is 11.8. The lowest BCUT2D eigenvalue weighted by molar-refractivity contribution is -0.112. The molecule has 0 saturated carbocycles. The summed E-state index contributed by atoms with van der Waals surface area (Å²) < 4.78 is 5.94. The molecule has 0 bridgehead atoms. The highest BCUT2D eigenvalue weighted by atomic mass is 16.5. The molecule has 15 heteroatoms. The highest BCUT2D eigenvalue weighted by Gasteiger charge is 2.41. The van der Waals surface area contributed by atoms with Crippen LogP contribution >= 0.6 is 0 Å². The van der Waals surface area contributed by atoms with Crippen molar-refractivity contribution in [1.29, 1.82) is 5.41 Å². The highest BCUT2D eigenvalue weighted by molar-refractivity contribution is 6.22. The third-order valence-corrected chi connectivity index (χ3v) is 13.4. The number of amides is 2. The molecule has 9 rings (SSSR count). The molecular formula is C48H56N10O5. The van der Waals surface area contributed by atoms with Crippen molar-refractivity contribution in [3.8, 4) is 11.5 Å². The van der Waals surface area contributed by atoms with Crippen molar-refractivity contribution >= 4 is 47.4 Å². The number of carbonyl (C=O) groups excluding carboxylic acids is 4. The number of para-hydroxylation sites is 1. The number of fused-ring (bicyclic) bond motifs is 1. The lowest BCUT2D eigenvalue weighted by atomic mass is 9.93. The lowest BCUT2D eigenvalue weighted by Gasteiger charge is -2.48. The maximum atomic E-state index is 13.1. The van der Waals surface area contributed by atoms with Crippen LogP contribution < -0.4 is 20.7 Å². The third kappa shape index (κ3) is 9.36. The first-order valence-corrected chi connectivity index (χ1v) is 22.3. The molecule has 2 amide bonds. The van der Waals surface area contributed by atoms with E-state index in [2.05, 4.69) is 34.9 Å². The number of benzene rings is 3. The van der Waals surface area contributed by atoms with E-state index in [4.69, 9.17) is 15.9 Å². The third-order valence-electron chi connectivity index (χ3n) is 13.4. The van der Waals surface area contributed by atoms with E-state index in [-0.39, 0.29) is 30.4 Å². The number of piperidine rings is 1. The van der Waals surface area contributed by atoms with Gasteiger partial charge in [0.15, 0.2) is 0 Å². The summed E-state index contributed by atoms with van der Waals surface area (Å²) in [7, 11) is 0. The van der Waals surface area contributed by atoms with Crippen molar-refractivity contribution in [2.45, 2.75) is 44.2 Å². The molecular weight excluding hydrogens is 797 g/mol. The number of nitrogens with zero attached hydrogens (tertiary/aromatic N) is 7. The Labute approximate surface area is 368 Å². The molecule has 2 atom stereocenters. The molecule has 6 heterocycles. The summed E-state index contributed by atoms with van der Waals surface area (Å²) in [5.74, 6) is 3.37. The van der Waals surface area contributed by atoms with Gasteiger partial charge in [0.25, 0.3) is 11.8 Å². The van der Waals surface area contributed by atoms with Crippen LogP contribution in [0.4, 0.5) is 17.3 Å². The van der Waals surface area contributed by atoms with Crippen molar-refractivity contribution in [1.82, 2.24) is 29.6 Å². The Morgan fingerprint density at radius 1 is 0.778 bits per heavy atom. The second kappa shape index (κ2) is 18.8. The zero-order valence-electron chi connectivity index (χ0n) is 35.6. The Kier molecular flexibility index (Phi) is 12.6. The first-order chi connectivity index (χ1) is 30.7. The standard InChI is InChI=1S/C48H56N10O5/c49-44(35-8-11-40(12-9-35)63-39-6-2-1-3-7-39)43-45(50)51-31-52-46(43)53-36-15-18-54(19-16-36)22-32-14-17-55(23-32)24-33-25-56(26-33)27-34-28-57(29-34)37-10-13-41-42(21-37)48(62)58(47(41)61)38(30-60)5-4-20-59/h1-3,6-13,20-21,30-34,36,38,49H,4-5,14-19,22-29H2,(H3,50,51,52,53). The summed E-state index contributed by atoms with van der Waals surface area (Å²) in [4.78, 5) is 68.5. The number of rotatable bonds is 18. The van der Waals surface area contributed by atoms with Crippen molar-refractivity contribution in [3.63, 3.8) is 0 Å². The summed E-state index contributed by atoms with van der Waals surface area (Å²) in [5, 5.41) is 12.7. The van der Waals surface area contributed by atoms with Crippen molar-refractivity contribution < 1.29 is 23.9 Å². The molecule has 5 aliphatic heterocycles. The number of aldehydes is 2. The van der Waals surface area contributed by atoms with Crippen LogP contribution in [-0.4, -0.2) is 144 Å². The van der Waals surface area contributed by atoms with Gasteiger partial charge in [-0.1, -0.05) is 18.2 Å². The van der Waals surface area contributed by atoms with Gasteiger partial charge < -0.3 is 45.0 Å². The van der Waals surface area contributed by atoms with Crippen LogP contribution in [0.2, 0.25) is 0 Å². The van der Waals surface area contributed by atoms with E-state index in [0.717, 1.165) is 81.5 Å². The Bertz CT molecular complexity index is 2310. The number of nitrogens with one attached hydrogen (secondary N) is 2. The molecule has 63 heavy (non-hydrogen) atoms. The van der Waals surface area contributed by atoms with Crippen LogP contribution in [0.1, 0.15) is 63.9 Å². The number of ether oxygens (including phenoxy) is 1. The maximum Gasteiger partial charge on any atom is 0.262 e. The molecule has 0 radical (unpaired) electrons. The molecule has 4 fully saturated rings. The van der Waals surface area contributed by atoms with Crippen molar-refractivity contribution in [3.05, 3.63) is 101 Å². The number of aromatic nitrogens is 2. The molecule has 3 aromatic carbocycles. The zero-order chi connectivity index (χ0) is 43.5. The van der Waals surface area contributed by atoms with E-state index >= 15 is 0 Å². The van der Waals surface area contributed by atoms with Gasteiger partial charge in [0.1, 0.15) is 42.0 Å². The molecule has 1 aromatic heterocycles. The number of carbonyl (C=O) groups is 4. The monoisotopic (exact) mass is 852 g/mol. The van der Waals surface area contributed by atoms with Gasteiger partial charge in [-0.3, -0.25) is 19.9 Å². The first-order valence-electron chi connectivity index (χ1n) is 22.3. The fraction of sp³-hybridized carbons (Fsp3) is 0.438. The van der Waals surface area contributed by atoms with E-state index in [9.17, 15) is 19.2 Å². The Balaban J connectivity index is 0.671. The molecule has 4 N–H and O–H groups in total. The van der Waals surface area contributed by atoms with Crippen LogP contribution in [0.5, 0.6) is 11.5 Å².